The van der Waals surface area contributed by atoms with Crippen LogP contribution in [0, 0.1) is 0 Å². The molecule has 0 saturated heterocycles. The van der Waals surface area contributed by atoms with Crippen LogP contribution in [0.4, 0.5) is 0 Å². The molecule has 0 spiro atoms. The van der Waals surface area contributed by atoms with E-state index >= 15 is 0 Å². The number of benzene rings is 1. The molecule has 5 heteroatoms. The molecule has 1 saturated carbocycles. The van der Waals surface area contributed by atoms with Gasteiger partial charge in [-0.15, -0.1) is 11.8 Å². The average molecular weight is 271 g/mol. The van der Waals surface area contributed by atoms with Gasteiger partial charge in [0, 0.05) is 23.1 Å². The quantitative estimate of drug-likeness (QED) is 0.848. The molecule has 0 bridgehead atoms. The van der Waals surface area contributed by atoms with Crippen LogP contribution in [0.25, 0.3) is 0 Å². The molecule has 17 heavy (non-hydrogen) atoms. The van der Waals surface area contributed by atoms with Gasteiger partial charge in [0.05, 0.1) is 4.90 Å². The first kappa shape index (κ1) is 12.9. The molecule has 1 aliphatic rings. The van der Waals surface area contributed by atoms with Crippen LogP contribution in [0.3, 0.4) is 0 Å². The summed E-state index contributed by atoms with van der Waals surface area (Å²) >= 11 is 1.46. The van der Waals surface area contributed by atoms with Gasteiger partial charge in [0.2, 0.25) is 0 Å². The summed E-state index contributed by atoms with van der Waals surface area (Å²) < 4.78 is 23.5. The topological polar surface area (TPSA) is 60.2 Å². The molecule has 1 aliphatic carbocycles. The number of rotatable bonds is 4. The minimum absolute atomic E-state index is 0.0381. The molecule has 0 unspecified atom stereocenters. The second kappa shape index (κ2) is 4.30. The molecule has 94 valence electrons. The normalized spacial score (nSPS) is 18.1. The Labute approximate surface area is 107 Å². The van der Waals surface area contributed by atoms with Gasteiger partial charge in [0.1, 0.15) is 0 Å². The zero-order chi connectivity index (χ0) is 12.7. The molecule has 2 rings (SSSR count). The highest BCUT2D eigenvalue weighted by Crippen LogP contribution is 2.48. The van der Waals surface area contributed by atoms with E-state index in [-0.39, 0.29) is 5.41 Å². The van der Waals surface area contributed by atoms with E-state index in [0.29, 0.717) is 11.4 Å². The Morgan fingerprint density at radius 3 is 2.47 bits per heavy atom. The largest absolute Gasteiger partial charge is 0.330 e. The van der Waals surface area contributed by atoms with E-state index in [4.69, 9.17) is 5.73 Å². The summed E-state index contributed by atoms with van der Waals surface area (Å²) in [7, 11) is -3.17. The van der Waals surface area contributed by atoms with Gasteiger partial charge in [0.15, 0.2) is 9.84 Å². The van der Waals surface area contributed by atoms with Crippen LogP contribution in [0.2, 0.25) is 0 Å². The van der Waals surface area contributed by atoms with Crippen LogP contribution in [0.1, 0.15) is 18.4 Å². The second-order valence-corrected chi connectivity index (χ2v) is 7.45. The van der Waals surface area contributed by atoms with E-state index in [0.717, 1.165) is 23.3 Å². The highest BCUT2D eigenvalue weighted by molar-refractivity contribution is 7.99. The molecular weight excluding hydrogens is 254 g/mol. The second-order valence-electron chi connectivity index (χ2n) is 4.62. The number of nitrogens with two attached hydrogens (primary N) is 1. The summed E-state index contributed by atoms with van der Waals surface area (Å²) in [6.45, 7) is 0.592. The molecule has 1 fully saturated rings. The Morgan fingerprint density at radius 1 is 1.41 bits per heavy atom. The van der Waals surface area contributed by atoms with Crippen molar-refractivity contribution in [1.82, 2.24) is 0 Å². The molecule has 0 heterocycles. The van der Waals surface area contributed by atoms with Crippen molar-refractivity contribution < 1.29 is 8.42 Å². The smallest absolute Gasteiger partial charge is 0.176 e. The van der Waals surface area contributed by atoms with Crippen molar-refractivity contribution in [1.29, 1.82) is 0 Å². The monoisotopic (exact) mass is 271 g/mol. The van der Waals surface area contributed by atoms with Crippen LogP contribution in [-0.4, -0.2) is 27.5 Å². The number of hydrogen-bond acceptors (Lipinski definition) is 4. The van der Waals surface area contributed by atoms with Gasteiger partial charge >= 0.3 is 0 Å². The lowest BCUT2D eigenvalue weighted by molar-refractivity contribution is 0.599. The third kappa shape index (κ3) is 2.37. The third-order valence-electron chi connectivity index (χ3n) is 3.42. The first-order chi connectivity index (χ1) is 7.93. The van der Waals surface area contributed by atoms with Gasteiger partial charge in [-0.1, -0.05) is 6.07 Å². The zero-order valence-electron chi connectivity index (χ0n) is 10.1. The first-order valence-corrected chi connectivity index (χ1v) is 8.63. The Morgan fingerprint density at radius 2 is 2.06 bits per heavy atom. The van der Waals surface area contributed by atoms with Crippen molar-refractivity contribution in [2.45, 2.75) is 28.0 Å². The fourth-order valence-electron chi connectivity index (χ4n) is 2.06. The van der Waals surface area contributed by atoms with E-state index in [1.54, 1.807) is 6.07 Å². The van der Waals surface area contributed by atoms with Gasteiger partial charge in [0.25, 0.3) is 0 Å². The van der Waals surface area contributed by atoms with E-state index in [1.807, 2.05) is 18.4 Å². The highest BCUT2D eigenvalue weighted by Gasteiger charge is 2.43. The maximum absolute atomic E-state index is 11.8. The Hall–Kier alpha value is -0.520. The molecule has 1 aromatic rings. The molecule has 1 aromatic carbocycles. The predicted molar refractivity (Wildman–Crippen MR) is 71.3 cm³/mol. The van der Waals surface area contributed by atoms with Crippen LogP contribution >= 0.6 is 11.8 Å². The van der Waals surface area contributed by atoms with Crippen LogP contribution < -0.4 is 5.73 Å². The van der Waals surface area contributed by atoms with Gasteiger partial charge in [-0.3, -0.25) is 0 Å². The summed E-state index contributed by atoms with van der Waals surface area (Å²) in [4.78, 5) is 1.24. The summed E-state index contributed by atoms with van der Waals surface area (Å²) in [5.41, 5.74) is 6.88. The van der Waals surface area contributed by atoms with Crippen molar-refractivity contribution >= 4 is 21.6 Å². The Kier molecular flexibility index (Phi) is 3.27. The predicted octanol–water partition coefficient (Wildman–Crippen LogP) is 1.80. The summed E-state index contributed by atoms with van der Waals surface area (Å²) in [6, 6.07) is 5.72. The van der Waals surface area contributed by atoms with E-state index in [2.05, 4.69) is 0 Å². The van der Waals surface area contributed by atoms with E-state index < -0.39 is 9.84 Å². The number of thioether (sulfide) groups is 1. The van der Waals surface area contributed by atoms with Crippen molar-refractivity contribution in [2.24, 2.45) is 5.73 Å². The molecular formula is C12H17NO2S2. The highest BCUT2D eigenvalue weighted by atomic mass is 32.2. The average Bonchev–Trinajstić information content (AvgIpc) is 3.08. The molecule has 3 nitrogen and oxygen atoms in total. The maximum atomic E-state index is 11.8. The van der Waals surface area contributed by atoms with Crippen molar-refractivity contribution in [2.75, 3.05) is 19.1 Å². The standard InChI is InChI=1S/C12H17NO2S2/c1-16-10-4-3-9(12(8-13)5-6-12)7-11(10)17(2,14)15/h3-4,7H,5-6,8,13H2,1-2H3. The van der Waals surface area contributed by atoms with Gasteiger partial charge in [-0.05, 0) is 36.8 Å². The van der Waals surface area contributed by atoms with E-state index in [9.17, 15) is 8.42 Å². The lowest BCUT2D eigenvalue weighted by Crippen LogP contribution is -2.20. The first-order valence-electron chi connectivity index (χ1n) is 5.52. The fourth-order valence-corrected chi connectivity index (χ4v) is 4.00. The van der Waals surface area contributed by atoms with Crippen LogP contribution in [-0.2, 0) is 15.3 Å². The third-order valence-corrected chi connectivity index (χ3v) is 5.48. The lowest BCUT2D eigenvalue weighted by Gasteiger charge is -2.15. The molecule has 0 aliphatic heterocycles. The minimum Gasteiger partial charge on any atom is -0.330 e. The SMILES string of the molecule is CSc1ccc(C2(CN)CC2)cc1S(C)(=O)=O. The molecule has 0 atom stereocenters. The number of sulfone groups is 1. The van der Waals surface area contributed by atoms with E-state index in [1.165, 1.54) is 18.0 Å². The van der Waals surface area contributed by atoms with Crippen molar-refractivity contribution in [3.8, 4) is 0 Å². The van der Waals surface area contributed by atoms with Crippen LogP contribution in [0.15, 0.2) is 28.0 Å². The van der Waals surface area contributed by atoms with Crippen LogP contribution in [0.5, 0.6) is 0 Å². The Bertz CT molecular complexity index is 533. The molecule has 2 N–H and O–H groups in total. The minimum atomic E-state index is -3.17. The fraction of sp³-hybridized carbons (Fsp3) is 0.500. The van der Waals surface area contributed by atoms with Gasteiger partial charge in [-0.2, -0.15) is 0 Å². The summed E-state index contributed by atoms with van der Waals surface area (Å²) in [6.07, 6.45) is 5.27. The lowest BCUT2D eigenvalue weighted by atomic mass is 9.96. The molecule has 0 amide bonds. The number of hydrogen-bond donors (Lipinski definition) is 1. The van der Waals surface area contributed by atoms with Crippen molar-refractivity contribution in [3.05, 3.63) is 23.8 Å². The summed E-state index contributed by atoms with van der Waals surface area (Å²) in [5.74, 6) is 0. The van der Waals surface area contributed by atoms with Gasteiger partial charge < -0.3 is 5.73 Å². The zero-order valence-corrected chi connectivity index (χ0v) is 11.7. The van der Waals surface area contributed by atoms with Crippen molar-refractivity contribution in [3.63, 3.8) is 0 Å². The molecule has 0 aromatic heterocycles. The maximum Gasteiger partial charge on any atom is 0.176 e. The molecule has 0 radical (unpaired) electrons. The summed E-state index contributed by atoms with van der Waals surface area (Å²) in [5, 5.41) is 0. The Balaban J connectivity index is 2.54. The van der Waals surface area contributed by atoms with Gasteiger partial charge in [-0.25, -0.2) is 8.42 Å².